The number of carbonyl (C=O) groups excluding carboxylic acids is 1. The van der Waals surface area contributed by atoms with Crippen LogP contribution in [-0.2, 0) is 13.5 Å². The third-order valence-corrected chi connectivity index (χ3v) is 3.40. The molecule has 0 aliphatic heterocycles. The Morgan fingerprint density at radius 2 is 2.04 bits per heavy atom. The molecule has 6 nitrogen and oxygen atoms in total. The molecule has 7 heteroatoms. The molecule has 0 unspecified atom stereocenters. The second-order valence-corrected chi connectivity index (χ2v) is 5.17. The monoisotopic (exact) mass is 327 g/mol. The number of aromatic nitrogens is 3. The number of furan rings is 1. The van der Waals surface area contributed by atoms with Gasteiger partial charge in [0.2, 0.25) is 5.78 Å². The largest absolute Gasteiger partial charge is 0.504 e. The van der Waals surface area contributed by atoms with Crippen LogP contribution >= 0.6 is 0 Å². The van der Waals surface area contributed by atoms with E-state index in [2.05, 4.69) is 10.1 Å². The lowest BCUT2D eigenvalue weighted by Gasteiger charge is -1.99. The van der Waals surface area contributed by atoms with Crippen molar-refractivity contribution in [2.45, 2.75) is 6.42 Å². The van der Waals surface area contributed by atoms with Crippen molar-refractivity contribution in [1.29, 1.82) is 0 Å². The van der Waals surface area contributed by atoms with Crippen molar-refractivity contribution < 1.29 is 18.7 Å². The summed E-state index contributed by atoms with van der Waals surface area (Å²) in [6.07, 6.45) is 2.74. The van der Waals surface area contributed by atoms with Crippen LogP contribution in [0.3, 0.4) is 0 Å². The van der Waals surface area contributed by atoms with Crippen LogP contribution in [0.1, 0.15) is 27.7 Å². The first-order chi connectivity index (χ1) is 11.5. The normalized spacial score (nSPS) is 11.7. The van der Waals surface area contributed by atoms with Crippen molar-refractivity contribution in [3.63, 3.8) is 0 Å². The van der Waals surface area contributed by atoms with Crippen LogP contribution in [0.5, 0.6) is 0 Å². The first-order valence-electron chi connectivity index (χ1n) is 7.15. The summed E-state index contributed by atoms with van der Waals surface area (Å²) in [6, 6.07) is 9.24. The molecule has 122 valence electrons. The molecule has 0 amide bonds. The van der Waals surface area contributed by atoms with E-state index in [-0.39, 0.29) is 23.2 Å². The van der Waals surface area contributed by atoms with E-state index < -0.39 is 5.78 Å². The summed E-state index contributed by atoms with van der Waals surface area (Å²) in [7, 11) is 1.60. The highest BCUT2D eigenvalue weighted by Crippen LogP contribution is 2.16. The third kappa shape index (κ3) is 3.40. The van der Waals surface area contributed by atoms with Crippen molar-refractivity contribution in [2.24, 2.45) is 7.05 Å². The Morgan fingerprint density at radius 3 is 2.71 bits per heavy atom. The van der Waals surface area contributed by atoms with Crippen molar-refractivity contribution in [1.82, 2.24) is 14.8 Å². The molecule has 0 aliphatic carbocycles. The van der Waals surface area contributed by atoms with Crippen molar-refractivity contribution >= 4 is 11.5 Å². The number of carbonyl (C=O) groups is 1. The minimum Gasteiger partial charge on any atom is -0.504 e. The topological polar surface area (TPSA) is 81.1 Å². The molecule has 0 bridgehead atoms. The quantitative estimate of drug-likeness (QED) is 0.443. The SMILES string of the molecule is Cn1ncnc1C(O)=CC(=O)c1ccc(Cc2ccc(F)cc2)o1. The van der Waals surface area contributed by atoms with Gasteiger partial charge in [0.15, 0.2) is 17.3 Å². The van der Waals surface area contributed by atoms with Gasteiger partial charge in [-0.05, 0) is 29.8 Å². The summed E-state index contributed by atoms with van der Waals surface area (Å²) in [5.74, 6) is -0.241. The molecule has 0 atom stereocenters. The molecule has 0 radical (unpaired) electrons. The number of ketones is 1. The van der Waals surface area contributed by atoms with E-state index in [1.54, 1.807) is 25.2 Å². The van der Waals surface area contributed by atoms with Gasteiger partial charge in [0, 0.05) is 19.5 Å². The van der Waals surface area contributed by atoms with Gasteiger partial charge in [0.05, 0.1) is 0 Å². The maximum absolute atomic E-state index is 12.9. The molecule has 1 N–H and O–H groups in total. The van der Waals surface area contributed by atoms with E-state index in [0.29, 0.717) is 12.2 Å². The minimum absolute atomic E-state index is 0.0980. The van der Waals surface area contributed by atoms with E-state index in [0.717, 1.165) is 11.6 Å². The van der Waals surface area contributed by atoms with Gasteiger partial charge in [-0.1, -0.05) is 12.1 Å². The Morgan fingerprint density at radius 1 is 1.29 bits per heavy atom. The minimum atomic E-state index is -0.485. The van der Waals surface area contributed by atoms with Gasteiger partial charge in [-0.15, -0.1) is 0 Å². The Labute approximate surface area is 136 Å². The smallest absolute Gasteiger partial charge is 0.224 e. The standard InChI is InChI=1S/C17H14FN3O3/c1-21-17(19-10-20-21)15(23)9-14(22)16-7-6-13(24-16)8-11-2-4-12(18)5-3-11/h2-7,9-10,23H,8H2,1H3. The molecule has 2 heterocycles. The molecule has 3 aromatic rings. The van der Waals surface area contributed by atoms with E-state index in [1.807, 2.05) is 0 Å². The van der Waals surface area contributed by atoms with E-state index >= 15 is 0 Å². The van der Waals surface area contributed by atoms with Gasteiger partial charge in [-0.25, -0.2) is 14.1 Å². The maximum Gasteiger partial charge on any atom is 0.224 e. The molecule has 1 aromatic carbocycles. The summed E-state index contributed by atoms with van der Waals surface area (Å²) < 4.78 is 19.7. The van der Waals surface area contributed by atoms with Crippen molar-refractivity contribution in [2.75, 3.05) is 0 Å². The second kappa shape index (κ2) is 6.49. The van der Waals surface area contributed by atoms with Crippen LogP contribution in [-0.4, -0.2) is 25.7 Å². The molecular weight excluding hydrogens is 313 g/mol. The fourth-order valence-electron chi connectivity index (χ4n) is 2.20. The molecule has 0 fully saturated rings. The molecule has 3 rings (SSSR count). The Hall–Kier alpha value is -3.22. The predicted molar refractivity (Wildman–Crippen MR) is 83.9 cm³/mol. The molecule has 0 spiro atoms. The van der Waals surface area contributed by atoms with E-state index in [1.165, 1.54) is 29.2 Å². The molecule has 2 aromatic heterocycles. The number of hydrogen-bond acceptors (Lipinski definition) is 5. The van der Waals surface area contributed by atoms with Crippen LogP contribution in [0.25, 0.3) is 5.76 Å². The molecule has 0 saturated carbocycles. The number of halogens is 1. The fourth-order valence-corrected chi connectivity index (χ4v) is 2.20. The summed E-state index contributed by atoms with van der Waals surface area (Å²) in [6.45, 7) is 0. The van der Waals surface area contributed by atoms with Gasteiger partial charge in [-0.3, -0.25) is 4.79 Å². The summed E-state index contributed by atoms with van der Waals surface area (Å²) >= 11 is 0. The zero-order valence-electron chi connectivity index (χ0n) is 12.8. The van der Waals surface area contributed by atoms with Crippen LogP contribution in [0.15, 0.2) is 53.2 Å². The van der Waals surface area contributed by atoms with Crippen LogP contribution in [0.2, 0.25) is 0 Å². The Balaban J connectivity index is 1.74. The lowest BCUT2D eigenvalue weighted by Crippen LogP contribution is -2.01. The molecular formula is C17H14FN3O3. The second-order valence-electron chi connectivity index (χ2n) is 5.17. The number of aryl methyl sites for hydroxylation is 1. The van der Waals surface area contributed by atoms with Gasteiger partial charge in [0.1, 0.15) is 17.9 Å². The number of aliphatic hydroxyl groups excluding tert-OH is 1. The van der Waals surface area contributed by atoms with Gasteiger partial charge in [0.25, 0.3) is 0 Å². The maximum atomic E-state index is 12.9. The van der Waals surface area contributed by atoms with Gasteiger partial charge < -0.3 is 9.52 Å². The molecule has 24 heavy (non-hydrogen) atoms. The average Bonchev–Trinajstić information content (AvgIpc) is 3.18. The Bertz CT molecular complexity index is 894. The highest BCUT2D eigenvalue weighted by atomic mass is 19.1. The summed E-state index contributed by atoms with van der Waals surface area (Å²) in [5, 5.41) is 13.7. The highest BCUT2D eigenvalue weighted by molar-refractivity contribution is 6.05. The number of rotatable bonds is 5. The predicted octanol–water partition coefficient (Wildman–Crippen LogP) is 2.92. The lowest BCUT2D eigenvalue weighted by atomic mass is 10.1. The third-order valence-electron chi connectivity index (χ3n) is 3.40. The van der Waals surface area contributed by atoms with E-state index in [9.17, 15) is 14.3 Å². The Kier molecular flexibility index (Phi) is 4.24. The van der Waals surface area contributed by atoms with Crippen LogP contribution in [0.4, 0.5) is 4.39 Å². The van der Waals surface area contributed by atoms with E-state index in [4.69, 9.17) is 4.42 Å². The summed E-state index contributed by atoms with van der Waals surface area (Å²) in [4.78, 5) is 16.0. The number of hydrogen-bond donors (Lipinski definition) is 1. The first-order valence-corrected chi connectivity index (χ1v) is 7.15. The number of allylic oxidation sites excluding steroid dienone is 1. The van der Waals surface area contributed by atoms with Gasteiger partial charge >= 0.3 is 0 Å². The highest BCUT2D eigenvalue weighted by Gasteiger charge is 2.13. The van der Waals surface area contributed by atoms with Crippen molar-refractivity contribution in [3.8, 4) is 0 Å². The first kappa shape index (κ1) is 15.7. The summed E-state index contributed by atoms with van der Waals surface area (Å²) in [5.41, 5.74) is 0.863. The number of nitrogens with zero attached hydrogens (tertiary/aromatic N) is 3. The zero-order chi connectivity index (χ0) is 17.1. The number of benzene rings is 1. The average molecular weight is 327 g/mol. The van der Waals surface area contributed by atoms with Crippen molar-refractivity contribution in [3.05, 3.63) is 77.5 Å². The lowest BCUT2D eigenvalue weighted by molar-refractivity contribution is 0.101. The van der Waals surface area contributed by atoms with Gasteiger partial charge in [-0.2, -0.15) is 5.10 Å². The van der Waals surface area contributed by atoms with Crippen LogP contribution in [0, 0.1) is 5.82 Å². The molecule has 0 aliphatic rings. The zero-order valence-corrected chi connectivity index (χ0v) is 12.8. The fraction of sp³-hybridized carbons (Fsp3) is 0.118. The number of aliphatic hydroxyl groups is 1. The molecule has 0 saturated heterocycles. The van der Waals surface area contributed by atoms with Crippen LogP contribution < -0.4 is 0 Å².